The van der Waals surface area contributed by atoms with Gasteiger partial charge in [0.15, 0.2) is 0 Å². The Morgan fingerprint density at radius 3 is 2.72 bits per heavy atom. The van der Waals surface area contributed by atoms with Crippen molar-refractivity contribution in [2.45, 2.75) is 27.7 Å². The van der Waals surface area contributed by atoms with Gasteiger partial charge in [-0.1, -0.05) is 11.3 Å². The molecule has 2 heterocycles. The minimum Gasteiger partial charge on any atom is -0.496 e. The number of rotatable bonds is 4. The Kier molecular flexibility index (Phi) is 4.59. The van der Waals surface area contributed by atoms with E-state index in [1.165, 1.54) is 17.4 Å². The molecule has 25 heavy (non-hydrogen) atoms. The fraction of sp³-hybridized carbons (Fsp3) is 0.278. The maximum absolute atomic E-state index is 12.3. The van der Waals surface area contributed by atoms with E-state index in [0.29, 0.717) is 10.9 Å². The van der Waals surface area contributed by atoms with Crippen LogP contribution < -0.4 is 10.1 Å². The lowest BCUT2D eigenvalue weighted by molar-refractivity contribution is -0.111. The number of carbonyl (C=O) groups is 1. The van der Waals surface area contributed by atoms with Crippen LogP contribution in [0.2, 0.25) is 0 Å². The van der Waals surface area contributed by atoms with Gasteiger partial charge in [-0.05, 0) is 44.9 Å². The summed E-state index contributed by atoms with van der Waals surface area (Å²) in [6.07, 6.45) is 3.26. The number of hydrogen-bond acceptors (Lipinski definition) is 6. The predicted octanol–water partition coefficient (Wildman–Crippen LogP) is 4.26. The van der Waals surface area contributed by atoms with E-state index in [1.807, 2.05) is 33.8 Å². The van der Waals surface area contributed by atoms with Crippen molar-refractivity contribution in [3.63, 3.8) is 0 Å². The summed E-state index contributed by atoms with van der Waals surface area (Å²) in [6.45, 7) is 7.66. The van der Waals surface area contributed by atoms with Crippen molar-refractivity contribution < 1.29 is 13.9 Å². The quantitative estimate of drug-likeness (QED) is 0.706. The van der Waals surface area contributed by atoms with Crippen LogP contribution in [0.25, 0.3) is 16.5 Å². The summed E-state index contributed by atoms with van der Waals surface area (Å²) in [5, 5.41) is 12.8. The molecule has 7 heteroatoms. The number of anilines is 1. The molecule has 0 unspecified atom stereocenters. The molecule has 0 atom stereocenters. The monoisotopic (exact) mass is 357 g/mol. The summed E-state index contributed by atoms with van der Waals surface area (Å²) in [4.78, 5) is 12.3. The first-order valence-corrected chi connectivity index (χ1v) is 8.57. The molecule has 6 nitrogen and oxygen atoms in total. The molecule has 1 N–H and O–H groups in total. The van der Waals surface area contributed by atoms with E-state index in [-0.39, 0.29) is 5.91 Å². The van der Waals surface area contributed by atoms with Crippen LogP contribution in [0.3, 0.4) is 0 Å². The zero-order chi connectivity index (χ0) is 18.1. The molecular formula is C18H19N3O3S. The second-order valence-corrected chi connectivity index (χ2v) is 7.00. The van der Waals surface area contributed by atoms with Gasteiger partial charge in [0.05, 0.1) is 13.4 Å². The van der Waals surface area contributed by atoms with E-state index in [1.54, 1.807) is 13.4 Å². The first kappa shape index (κ1) is 17.2. The summed E-state index contributed by atoms with van der Waals surface area (Å²) in [5.74, 6) is 0.451. The van der Waals surface area contributed by atoms with Gasteiger partial charge in [0.2, 0.25) is 11.0 Å². The molecule has 0 aliphatic heterocycles. The van der Waals surface area contributed by atoms with Crippen LogP contribution in [0.4, 0.5) is 5.13 Å². The van der Waals surface area contributed by atoms with Crippen LogP contribution in [-0.2, 0) is 4.79 Å². The molecule has 0 spiro atoms. The highest BCUT2D eigenvalue weighted by Crippen LogP contribution is 2.37. The molecule has 0 saturated heterocycles. The van der Waals surface area contributed by atoms with E-state index < -0.39 is 0 Å². The summed E-state index contributed by atoms with van der Waals surface area (Å²) < 4.78 is 11.2. The minimum atomic E-state index is -0.252. The SMILES string of the molecule is COc1c(/C(C)=C/C(=O)Nc2nnc(C)s2)cc2c(C)coc2c1C. The summed E-state index contributed by atoms with van der Waals surface area (Å²) in [6, 6.07) is 1.99. The largest absolute Gasteiger partial charge is 0.496 e. The van der Waals surface area contributed by atoms with Crippen molar-refractivity contribution >= 4 is 38.9 Å². The molecule has 3 aromatic rings. The lowest BCUT2D eigenvalue weighted by atomic mass is 9.98. The zero-order valence-corrected chi connectivity index (χ0v) is 15.6. The van der Waals surface area contributed by atoms with Crippen molar-refractivity contribution in [3.8, 4) is 5.75 Å². The number of hydrogen-bond donors (Lipinski definition) is 1. The van der Waals surface area contributed by atoms with Crippen LogP contribution >= 0.6 is 11.3 Å². The molecule has 130 valence electrons. The fourth-order valence-corrected chi connectivity index (χ4v) is 3.35. The highest BCUT2D eigenvalue weighted by Gasteiger charge is 2.17. The van der Waals surface area contributed by atoms with Crippen molar-refractivity contribution in [2.24, 2.45) is 0 Å². The number of benzene rings is 1. The average Bonchev–Trinajstić information content (AvgIpc) is 3.13. The number of methoxy groups -OCH3 is 1. The Morgan fingerprint density at radius 1 is 1.32 bits per heavy atom. The molecule has 1 amide bonds. The van der Waals surface area contributed by atoms with Crippen LogP contribution in [0.15, 0.2) is 22.8 Å². The third-order valence-electron chi connectivity index (χ3n) is 3.97. The van der Waals surface area contributed by atoms with Gasteiger partial charge in [-0.25, -0.2) is 0 Å². The lowest BCUT2D eigenvalue weighted by Gasteiger charge is -2.13. The number of aryl methyl sites for hydroxylation is 3. The number of allylic oxidation sites excluding steroid dienone is 1. The Hall–Kier alpha value is -2.67. The number of fused-ring (bicyclic) bond motifs is 1. The van der Waals surface area contributed by atoms with Gasteiger partial charge in [-0.2, -0.15) is 0 Å². The third-order valence-corrected chi connectivity index (χ3v) is 4.72. The third kappa shape index (κ3) is 3.28. The van der Waals surface area contributed by atoms with E-state index >= 15 is 0 Å². The molecule has 0 saturated carbocycles. The van der Waals surface area contributed by atoms with Gasteiger partial charge in [0.1, 0.15) is 16.3 Å². The smallest absolute Gasteiger partial charge is 0.250 e. The topological polar surface area (TPSA) is 77.2 Å². The lowest BCUT2D eigenvalue weighted by Crippen LogP contribution is -2.08. The number of nitrogens with zero attached hydrogens (tertiary/aromatic N) is 2. The van der Waals surface area contributed by atoms with E-state index in [0.717, 1.165) is 38.2 Å². The van der Waals surface area contributed by atoms with Crippen LogP contribution in [0.5, 0.6) is 5.75 Å². The molecule has 0 bridgehead atoms. The average molecular weight is 357 g/mol. The van der Waals surface area contributed by atoms with Gasteiger partial charge >= 0.3 is 0 Å². The Balaban J connectivity index is 1.99. The van der Waals surface area contributed by atoms with Gasteiger partial charge < -0.3 is 9.15 Å². The van der Waals surface area contributed by atoms with E-state index in [9.17, 15) is 4.79 Å². The first-order chi connectivity index (χ1) is 11.9. The number of nitrogens with one attached hydrogen (secondary N) is 1. The van der Waals surface area contributed by atoms with Crippen molar-refractivity contribution in [1.29, 1.82) is 0 Å². The summed E-state index contributed by atoms with van der Waals surface area (Å²) >= 11 is 1.33. The van der Waals surface area contributed by atoms with E-state index in [2.05, 4.69) is 15.5 Å². The van der Waals surface area contributed by atoms with Crippen molar-refractivity contribution in [2.75, 3.05) is 12.4 Å². The van der Waals surface area contributed by atoms with Crippen molar-refractivity contribution in [3.05, 3.63) is 40.1 Å². The zero-order valence-electron chi connectivity index (χ0n) is 14.8. The first-order valence-electron chi connectivity index (χ1n) is 7.76. The standard InChI is InChI=1S/C18H19N3O3S/c1-9(6-15(22)19-18-21-20-12(4)25-18)13-7-14-10(2)8-24-17(14)11(3)16(13)23-5/h6-8H,1-5H3,(H,19,21,22)/b9-6+. The molecule has 3 rings (SSSR count). The highest BCUT2D eigenvalue weighted by atomic mass is 32.1. The number of carbonyl (C=O) groups excluding carboxylic acids is 1. The highest BCUT2D eigenvalue weighted by molar-refractivity contribution is 7.15. The van der Waals surface area contributed by atoms with Crippen LogP contribution in [-0.4, -0.2) is 23.2 Å². The normalized spacial score (nSPS) is 11.8. The number of furan rings is 1. The maximum atomic E-state index is 12.3. The molecule has 0 aliphatic carbocycles. The van der Waals surface area contributed by atoms with Gasteiger partial charge in [0, 0.05) is 22.6 Å². The summed E-state index contributed by atoms with van der Waals surface area (Å²) in [7, 11) is 1.62. The minimum absolute atomic E-state index is 0.252. The van der Waals surface area contributed by atoms with Crippen LogP contribution in [0.1, 0.15) is 28.6 Å². The molecule has 1 aromatic carbocycles. The number of amides is 1. The second-order valence-electron chi connectivity index (χ2n) is 5.82. The van der Waals surface area contributed by atoms with E-state index in [4.69, 9.17) is 9.15 Å². The van der Waals surface area contributed by atoms with Gasteiger partial charge in [-0.3, -0.25) is 10.1 Å². The molecule has 0 radical (unpaired) electrons. The fourth-order valence-electron chi connectivity index (χ4n) is 2.76. The number of ether oxygens (including phenoxy) is 1. The Labute approximate surface area is 149 Å². The molecule has 0 aliphatic rings. The number of aromatic nitrogens is 2. The Bertz CT molecular complexity index is 985. The maximum Gasteiger partial charge on any atom is 0.250 e. The summed E-state index contributed by atoms with van der Waals surface area (Å²) in [5.41, 5.74) is 4.42. The molecular weight excluding hydrogens is 338 g/mol. The molecule has 0 fully saturated rings. The van der Waals surface area contributed by atoms with Gasteiger partial charge in [-0.15, -0.1) is 10.2 Å². The molecule has 2 aromatic heterocycles. The second kappa shape index (κ2) is 6.68. The van der Waals surface area contributed by atoms with Crippen molar-refractivity contribution in [1.82, 2.24) is 10.2 Å². The Morgan fingerprint density at radius 2 is 2.08 bits per heavy atom. The van der Waals surface area contributed by atoms with Crippen LogP contribution in [0, 0.1) is 20.8 Å². The van der Waals surface area contributed by atoms with Gasteiger partial charge in [0.25, 0.3) is 0 Å². The predicted molar refractivity (Wildman–Crippen MR) is 99.2 cm³/mol.